The van der Waals surface area contributed by atoms with Gasteiger partial charge >= 0.3 is 6.03 Å². The van der Waals surface area contributed by atoms with Gasteiger partial charge in [0, 0.05) is 35.7 Å². The number of hydrogen-bond acceptors (Lipinski definition) is 3. The Hall–Kier alpha value is -2.44. The highest BCUT2D eigenvalue weighted by molar-refractivity contribution is 6.30. The molecule has 1 saturated heterocycles. The van der Waals surface area contributed by atoms with E-state index in [1.165, 1.54) is 0 Å². The zero-order valence-corrected chi connectivity index (χ0v) is 19.5. The fraction of sp³-hybridized carbons (Fsp3) is 0.417. The van der Waals surface area contributed by atoms with Crippen LogP contribution in [-0.4, -0.2) is 48.0 Å². The first-order chi connectivity index (χ1) is 15.4. The Morgan fingerprint density at radius 2 is 1.84 bits per heavy atom. The zero-order valence-electron chi connectivity index (χ0n) is 18.0. The number of halogens is 2. The molecule has 0 aliphatic carbocycles. The van der Waals surface area contributed by atoms with Crippen molar-refractivity contribution in [2.24, 2.45) is 0 Å². The first-order valence-corrected chi connectivity index (χ1v) is 11.7. The lowest BCUT2D eigenvalue weighted by Gasteiger charge is -2.30. The van der Waals surface area contributed by atoms with Crippen molar-refractivity contribution in [2.75, 3.05) is 20.2 Å². The molecule has 3 amide bonds. The maximum Gasteiger partial charge on any atom is 0.318 e. The van der Waals surface area contributed by atoms with E-state index < -0.39 is 6.04 Å². The number of amides is 3. The van der Waals surface area contributed by atoms with E-state index in [2.05, 4.69) is 5.32 Å². The van der Waals surface area contributed by atoms with Gasteiger partial charge in [-0.25, -0.2) is 4.79 Å². The van der Waals surface area contributed by atoms with Crippen LogP contribution in [0.2, 0.25) is 10.0 Å². The van der Waals surface area contributed by atoms with Crippen LogP contribution < -0.4 is 10.1 Å². The van der Waals surface area contributed by atoms with Crippen molar-refractivity contribution >= 4 is 35.1 Å². The van der Waals surface area contributed by atoms with E-state index in [0.717, 1.165) is 36.1 Å². The van der Waals surface area contributed by atoms with Crippen LogP contribution in [0.15, 0.2) is 42.5 Å². The van der Waals surface area contributed by atoms with Crippen molar-refractivity contribution in [2.45, 2.75) is 44.3 Å². The first kappa shape index (κ1) is 22.7. The van der Waals surface area contributed by atoms with Gasteiger partial charge < -0.3 is 19.9 Å². The van der Waals surface area contributed by atoms with Crippen molar-refractivity contribution in [1.82, 2.24) is 15.1 Å². The molecule has 1 fully saturated rings. The monoisotopic (exact) mass is 475 g/mol. The Bertz CT molecular complexity index is 983. The van der Waals surface area contributed by atoms with Crippen molar-refractivity contribution in [3.8, 4) is 5.75 Å². The van der Waals surface area contributed by atoms with E-state index in [1.54, 1.807) is 22.9 Å². The van der Waals surface area contributed by atoms with Gasteiger partial charge in [0.15, 0.2) is 0 Å². The number of fused-ring (bicyclic) bond motifs is 1. The predicted octanol–water partition coefficient (Wildman–Crippen LogP) is 5.04. The van der Waals surface area contributed by atoms with Crippen molar-refractivity contribution < 1.29 is 14.3 Å². The van der Waals surface area contributed by atoms with Gasteiger partial charge in [0.05, 0.1) is 12.6 Å². The summed E-state index contributed by atoms with van der Waals surface area (Å²) in [5, 5.41) is 4.39. The average Bonchev–Trinajstić information content (AvgIpc) is 3.19. The minimum Gasteiger partial charge on any atom is -0.493 e. The number of hydrogen-bond donors (Lipinski definition) is 1. The van der Waals surface area contributed by atoms with Crippen LogP contribution in [0.1, 0.15) is 42.9 Å². The third kappa shape index (κ3) is 5.13. The molecule has 8 heteroatoms. The summed E-state index contributed by atoms with van der Waals surface area (Å²) < 4.78 is 5.80. The number of likely N-dealkylation sites (tertiary alicyclic amines) is 1. The van der Waals surface area contributed by atoms with Crippen LogP contribution in [0.5, 0.6) is 5.75 Å². The second-order valence-electron chi connectivity index (χ2n) is 8.35. The van der Waals surface area contributed by atoms with Gasteiger partial charge in [0.2, 0.25) is 5.91 Å². The highest BCUT2D eigenvalue weighted by Gasteiger charge is 2.37. The number of ether oxygens (including phenoxy) is 1. The number of urea groups is 1. The van der Waals surface area contributed by atoms with Gasteiger partial charge in [0.1, 0.15) is 11.8 Å². The lowest BCUT2D eigenvalue weighted by molar-refractivity contribution is -0.134. The van der Waals surface area contributed by atoms with E-state index in [4.69, 9.17) is 27.9 Å². The largest absolute Gasteiger partial charge is 0.493 e. The van der Waals surface area contributed by atoms with E-state index in [-0.39, 0.29) is 18.0 Å². The zero-order chi connectivity index (χ0) is 22.7. The number of nitrogens with one attached hydrogen (secondary N) is 1. The fourth-order valence-corrected chi connectivity index (χ4v) is 4.70. The van der Waals surface area contributed by atoms with Crippen LogP contribution in [0.4, 0.5) is 4.79 Å². The molecule has 32 heavy (non-hydrogen) atoms. The Balaban J connectivity index is 1.44. The lowest BCUT2D eigenvalue weighted by atomic mass is 10.0. The lowest BCUT2D eigenvalue weighted by Crippen LogP contribution is -2.50. The van der Waals surface area contributed by atoms with Crippen LogP contribution in [0, 0.1) is 0 Å². The topological polar surface area (TPSA) is 61.9 Å². The third-order valence-corrected chi connectivity index (χ3v) is 6.53. The Morgan fingerprint density at radius 3 is 2.62 bits per heavy atom. The second-order valence-corrected chi connectivity index (χ2v) is 9.22. The van der Waals surface area contributed by atoms with Gasteiger partial charge in [0.25, 0.3) is 0 Å². The minimum atomic E-state index is -0.465. The molecular formula is C24H27Cl2N3O3. The number of benzene rings is 2. The molecule has 2 heterocycles. The molecule has 2 aliphatic heterocycles. The smallest absolute Gasteiger partial charge is 0.318 e. The minimum absolute atomic E-state index is 0.0553. The number of nitrogens with zero attached hydrogens (tertiary/aromatic N) is 2. The molecule has 4 rings (SSSR count). The summed E-state index contributed by atoms with van der Waals surface area (Å²) in [6, 6.07) is 12.0. The Morgan fingerprint density at radius 1 is 1.09 bits per heavy atom. The maximum absolute atomic E-state index is 13.2. The van der Waals surface area contributed by atoms with E-state index in [0.29, 0.717) is 36.2 Å². The van der Waals surface area contributed by atoms with Gasteiger partial charge in [-0.05, 0) is 61.6 Å². The van der Waals surface area contributed by atoms with E-state index >= 15 is 0 Å². The molecule has 0 saturated carbocycles. The fourth-order valence-electron chi connectivity index (χ4n) is 4.39. The summed E-state index contributed by atoms with van der Waals surface area (Å²) in [4.78, 5) is 29.7. The van der Waals surface area contributed by atoms with Crippen LogP contribution in [0.3, 0.4) is 0 Å². The molecule has 0 aromatic heterocycles. The quantitative estimate of drug-likeness (QED) is 0.673. The molecule has 170 valence electrons. The van der Waals surface area contributed by atoms with Crippen molar-refractivity contribution in [3.05, 3.63) is 63.6 Å². The molecule has 2 aliphatic rings. The van der Waals surface area contributed by atoms with Crippen molar-refractivity contribution in [3.63, 3.8) is 0 Å². The molecule has 0 radical (unpaired) electrons. The predicted molar refractivity (Wildman–Crippen MR) is 125 cm³/mol. The SMILES string of the molecule is CN(Cc1ccc(Cl)cc1)C(=O)C1CCCN1C(=O)NC1CCCOc2ccc(Cl)cc21. The molecule has 2 atom stereocenters. The second kappa shape index (κ2) is 10.0. The maximum atomic E-state index is 13.2. The standard InChI is InChI=1S/C24H27Cl2N3O3/c1-28(15-16-6-8-17(25)9-7-16)23(30)21-5-2-12-29(21)24(31)27-20-4-3-13-32-22-11-10-18(26)14-19(20)22/h6-11,14,20-21H,2-5,12-13,15H2,1H3,(H,27,31). The molecule has 1 N–H and O–H groups in total. The highest BCUT2D eigenvalue weighted by Crippen LogP contribution is 2.34. The number of rotatable bonds is 4. The molecule has 0 spiro atoms. The Labute approximate surface area is 198 Å². The summed E-state index contributed by atoms with van der Waals surface area (Å²) in [5.41, 5.74) is 1.87. The molecule has 6 nitrogen and oxygen atoms in total. The highest BCUT2D eigenvalue weighted by atomic mass is 35.5. The molecule has 2 aromatic carbocycles. The van der Waals surface area contributed by atoms with Crippen LogP contribution in [-0.2, 0) is 11.3 Å². The molecule has 2 unspecified atom stereocenters. The molecule has 0 bridgehead atoms. The van der Waals surface area contributed by atoms with Crippen molar-refractivity contribution in [1.29, 1.82) is 0 Å². The summed E-state index contributed by atoms with van der Waals surface area (Å²) >= 11 is 12.1. The third-order valence-electron chi connectivity index (χ3n) is 6.05. The van der Waals surface area contributed by atoms with Gasteiger partial charge in [-0.15, -0.1) is 0 Å². The summed E-state index contributed by atoms with van der Waals surface area (Å²) in [6.45, 7) is 1.62. The van der Waals surface area contributed by atoms with Gasteiger partial charge in [-0.1, -0.05) is 35.3 Å². The number of likely N-dealkylation sites (N-methyl/N-ethyl adjacent to an activating group) is 1. The Kier molecular flexibility index (Phi) is 7.11. The van der Waals surface area contributed by atoms with Crippen LogP contribution in [0.25, 0.3) is 0 Å². The molecular weight excluding hydrogens is 449 g/mol. The van der Waals surface area contributed by atoms with Gasteiger partial charge in [-0.2, -0.15) is 0 Å². The van der Waals surface area contributed by atoms with E-state index in [1.807, 2.05) is 36.4 Å². The number of carbonyl (C=O) groups is 2. The molecule has 2 aromatic rings. The first-order valence-electron chi connectivity index (χ1n) is 10.9. The summed E-state index contributed by atoms with van der Waals surface area (Å²) in [5.74, 6) is 0.689. The van der Waals surface area contributed by atoms with Crippen LogP contribution >= 0.6 is 23.2 Å². The summed E-state index contributed by atoms with van der Waals surface area (Å²) in [7, 11) is 1.77. The number of carbonyl (C=O) groups excluding carboxylic acids is 2. The summed E-state index contributed by atoms with van der Waals surface area (Å²) in [6.07, 6.45) is 3.04. The average molecular weight is 476 g/mol. The van der Waals surface area contributed by atoms with Gasteiger partial charge in [-0.3, -0.25) is 4.79 Å². The van der Waals surface area contributed by atoms with E-state index in [9.17, 15) is 9.59 Å². The normalized spacial score (nSPS) is 20.2.